The van der Waals surface area contributed by atoms with E-state index >= 15 is 0 Å². The fourth-order valence-corrected chi connectivity index (χ4v) is 3.95. The van der Waals surface area contributed by atoms with Crippen molar-refractivity contribution in [3.05, 3.63) is 84.4 Å². The van der Waals surface area contributed by atoms with Gasteiger partial charge in [-0.25, -0.2) is 0 Å². The summed E-state index contributed by atoms with van der Waals surface area (Å²) in [5.74, 6) is 0.495. The van der Waals surface area contributed by atoms with Crippen molar-refractivity contribution in [2.45, 2.75) is 31.9 Å². The number of ether oxygens (including phenoxy) is 1. The van der Waals surface area contributed by atoms with Crippen LogP contribution in [0.1, 0.15) is 30.1 Å². The van der Waals surface area contributed by atoms with E-state index in [2.05, 4.69) is 5.32 Å². The van der Waals surface area contributed by atoms with Crippen LogP contribution in [0.4, 0.5) is 0 Å². The number of likely N-dealkylation sites (tertiary alicyclic amines) is 1. The molecule has 1 saturated heterocycles. The molecule has 1 atom stereocenters. The smallest absolute Gasteiger partial charge is 0.260 e. The van der Waals surface area contributed by atoms with Crippen molar-refractivity contribution in [1.82, 2.24) is 10.2 Å². The molecule has 6 heteroatoms. The predicted octanol–water partition coefficient (Wildman–Crippen LogP) is 4.25. The maximum atomic E-state index is 12.9. The first-order valence-corrected chi connectivity index (χ1v) is 11.2. The minimum atomic E-state index is -0.655. The van der Waals surface area contributed by atoms with Gasteiger partial charge in [-0.15, -0.1) is 0 Å². The average Bonchev–Trinajstić information content (AvgIpc) is 2.86. The Morgan fingerprint density at radius 1 is 0.909 bits per heavy atom. The number of phenolic OH excluding ortho intramolecular Hbond substituents is 1. The molecule has 1 fully saturated rings. The van der Waals surface area contributed by atoms with Crippen LogP contribution < -0.4 is 10.1 Å². The number of carbonyl (C=O) groups excluding carboxylic acids is 2. The van der Waals surface area contributed by atoms with Gasteiger partial charge in [0.15, 0.2) is 6.10 Å². The third-order valence-corrected chi connectivity index (χ3v) is 5.89. The largest absolute Gasteiger partial charge is 0.508 e. The Labute approximate surface area is 193 Å². The Kier molecular flexibility index (Phi) is 6.93. The summed E-state index contributed by atoms with van der Waals surface area (Å²) >= 11 is 0. The first-order chi connectivity index (χ1) is 16.0. The standard InChI is InChI=1S/C27H28N2O4/c1-19(33-25-13-11-24(30)12-14-25)26(31)28-23-15-17-29(18-16-23)27(32)22-9-7-21(8-10-22)20-5-3-2-4-6-20/h2-14,19,23,30H,15-18H2,1H3,(H,28,31). The number of aromatic hydroxyl groups is 1. The third-order valence-electron chi connectivity index (χ3n) is 5.89. The lowest BCUT2D eigenvalue weighted by atomic mass is 10.0. The lowest BCUT2D eigenvalue weighted by Gasteiger charge is -2.33. The molecule has 1 aliphatic heterocycles. The van der Waals surface area contributed by atoms with Gasteiger partial charge in [-0.2, -0.15) is 0 Å². The maximum absolute atomic E-state index is 12.9. The van der Waals surface area contributed by atoms with Crippen molar-refractivity contribution >= 4 is 11.8 Å². The molecule has 33 heavy (non-hydrogen) atoms. The number of nitrogens with one attached hydrogen (secondary N) is 1. The fourth-order valence-electron chi connectivity index (χ4n) is 3.95. The molecule has 0 radical (unpaired) electrons. The van der Waals surface area contributed by atoms with Crippen LogP contribution in [0.5, 0.6) is 11.5 Å². The summed E-state index contributed by atoms with van der Waals surface area (Å²) in [6.07, 6.45) is 0.745. The topological polar surface area (TPSA) is 78.9 Å². The van der Waals surface area contributed by atoms with Crippen molar-refractivity contribution in [3.63, 3.8) is 0 Å². The number of benzene rings is 3. The van der Waals surface area contributed by atoms with Crippen LogP contribution in [0, 0.1) is 0 Å². The summed E-state index contributed by atoms with van der Waals surface area (Å²) in [6, 6.07) is 24.1. The number of rotatable bonds is 6. The fraction of sp³-hybridized carbons (Fsp3) is 0.259. The van der Waals surface area contributed by atoms with E-state index in [0.717, 1.165) is 11.1 Å². The summed E-state index contributed by atoms with van der Waals surface area (Å²) < 4.78 is 5.64. The summed E-state index contributed by atoms with van der Waals surface area (Å²) in [5.41, 5.74) is 2.88. The second-order valence-electron chi connectivity index (χ2n) is 8.27. The van der Waals surface area contributed by atoms with E-state index in [-0.39, 0.29) is 23.6 Å². The summed E-state index contributed by atoms with van der Waals surface area (Å²) in [4.78, 5) is 27.3. The molecule has 2 amide bonds. The third kappa shape index (κ3) is 5.71. The van der Waals surface area contributed by atoms with Crippen LogP contribution in [0.25, 0.3) is 11.1 Å². The van der Waals surface area contributed by atoms with Gasteiger partial charge in [0, 0.05) is 24.7 Å². The van der Waals surface area contributed by atoms with Gasteiger partial charge in [0.2, 0.25) is 0 Å². The van der Waals surface area contributed by atoms with Crippen molar-refractivity contribution in [3.8, 4) is 22.6 Å². The van der Waals surface area contributed by atoms with Crippen LogP contribution in [0.3, 0.4) is 0 Å². The molecule has 0 saturated carbocycles. The molecule has 170 valence electrons. The minimum absolute atomic E-state index is 0.00729. The molecule has 6 nitrogen and oxygen atoms in total. The van der Waals surface area contributed by atoms with E-state index in [0.29, 0.717) is 37.2 Å². The molecule has 1 unspecified atom stereocenters. The van der Waals surface area contributed by atoms with Crippen molar-refractivity contribution in [1.29, 1.82) is 0 Å². The number of amides is 2. The molecule has 2 N–H and O–H groups in total. The molecule has 4 rings (SSSR count). The highest BCUT2D eigenvalue weighted by Crippen LogP contribution is 2.21. The molecule has 0 bridgehead atoms. The van der Waals surface area contributed by atoms with Crippen LogP contribution in [-0.4, -0.2) is 47.1 Å². The Balaban J connectivity index is 1.26. The van der Waals surface area contributed by atoms with Crippen LogP contribution in [-0.2, 0) is 4.79 Å². The lowest BCUT2D eigenvalue weighted by molar-refractivity contribution is -0.128. The quantitative estimate of drug-likeness (QED) is 0.596. The molecule has 0 aromatic heterocycles. The first-order valence-electron chi connectivity index (χ1n) is 11.2. The number of hydrogen-bond donors (Lipinski definition) is 2. The Hall–Kier alpha value is -3.80. The molecule has 1 aliphatic rings. The zero-order valence-electron chi connectivity index (χ0n) is 18.6. The highest BCUT2D eigenvalue weighted by molar-refractivity contribution is 5.94. The maximum Gasteiger partial charge on any atom is 0.260 e. The van der Waals surface area contributed by atoms with Gasteiger partial charge in [0.1, 0.15) is 11.5 Å². The van der Waals surface area contributed by atoms with E-state index in [1.54, 1.807) is 19.1 Å². The second kappa shape index (κ2) is 10.2. The van der Waals surface area contributed by atoms with Gasteiger partial charge in [0.25, 0.3) is 11.8 Å². The van der Waals surface area contributed by atoms with Crippen molar-refractivity contribution in [2.24, 2.45) is 0 Å². The van der Waals surface area contributed by atoms with E-state index < -0.39 is 6.10 Å². The zero-order chi connectivity index (χ0) is 23.2. The number of nitrogens with zero attached hydrogens (tertiary/aromatic N) is 1. The minimum Gasteiger partial charge on any atom is -0.508 e. The lowest BCUT2D eigenvalue weighted by Crippen LogP contribution is -2.49. The molecule has 0 aliphatic carbocycles. The number of carbonyl (C=O) groups is 2. The van der Waals surface area contributed by atoms with Crippen molar-refractivity contribution in [2.75, 3.05) is 13.1 Å². The number of hydrogen-bond acceptors (Lipinski definition) is 4. The molecule has 0 spiro atoms. The van der Waals surface area contributed by atoms with Crippen LogP contribution >= 0.6 is 0 Å². The highest BCUT2D eigenvalue weighted by atomic mass is 16.5. The number of piperidine rings is 1. The van der Waals surface area contributed by atoms with E-state index in [4.69, 9.17) is 4.74 Å². The molecule has 3 aromatic rings. The normalized spacial score (nSPS) is 15.0. The zero-order valence-corrected chi connectivity index (χ0v) is 18.6. The van der Waals surface area contributed by atoms with E-state index in [1.165, 1.54) is 12.1 Å². The SMILES string of the molecule is CC(Oc1ccc(O)cc1)C(=O)NC1CCN(C(=O)c2ccc(-c3ccccc3)cc2)CC1. The Morgan fingerprint density at radius 3 is 2.15 bits per heavy atom. The molecular formula is C27H28N2O4. The van der Waals surface area contributed by atoms with Gasteiger partial charge < -0.3 is 20.1 Å². The van der Waals surface area contributed by atoms with E-state index in [1.807, 2.05) is 59.5 Å². The van der Waals surface area contributed by atoms with Crippen LogP contribution in [0.15, 0.2) is 78.9 Å². The van der Waals surface area contributed by atoms with Gasteiger partial charge >= 0.3 is 0 Å². The van der Waals surface area contributed by atoms with Gasteiger partial charge in [-0.3, -0.25) is 9.59 Å². The predicted molar refractivity (Wildman–Crippen MR) is 127 cm³/mol. The van der Waals surface area contributed by atoms with Gasteiger partial charge in [-0.1, -0.05) is 42.5 Å². The molecular weight excluding hydrogens is 416 g/mol. The van der Waals surface area contributed by atoms with Gasteiger partial charge in [-0.05, 0) is 67.3 Å². The summed E-state index contributed by atoms with van der Waals surface area (Å²) in [7, 11) is 0. The summed E-state index contributed by atoms with van der Waals surface area (Å²) in [5, 5.41) is 12.4. The number of phenols is 1. The highest BCUT2D eigenvalue weighted by Gasteiger charge is 2.26. The monoisotopic (exact) mass is 444 g/mol. The first kappa shape index (κ1) is 22.4. The van der Waals surface area contributed by atoms with E-state index in [9.17, 15) is 14.7 Å². The van der Waals surface area contributed by atoms with Gasteiger partial charge in [0.05, 0.1) is 0 Å². The van der Waals surface area contributed by atoms with Crippen LogP contribution in [0.2, 0.25) is 0 Å². The Morgan fingerprint density at radius 2 is 1.52 bits per heavy atom. The summed E-state index contributed by atoms with van der Waals surface area (Å²) in [6.45, 7) is 2.88. The molecule has 3 aromatic carbocycles. The molecule has 1 heterocycles. The van der Waals surface area contributed by atoms with Crippen molar-refractivity contribution < 1.29 is 19.4 Å². The second-order valence-corrected chi connectivity index (χ2v) is 8.27. The average molecular weight is 445 g/mol. The Bertz CT molecular complexity index is 1070.